The summed E-state index contributed by atoms with van der Waals surface area (Å²) >= 11 is 0. The number of amides is 1. The Morgan fingerprint density at radius 3 is 2.44 bits per heavy atom. The van der Waals surface area contributed by atoms with Crippen LogP contribution in [0.2, 0.25) is 0 Å². The van der Waals surface area contributed by atoms with Crippen molar-refractivity contribution in [3.05, 3.63) is 52.9 Å². The van der Waals surface area contributed by atoms with Crippen LogP contribution in [0.1, 0.15) is 40.5 Å². The summed E-state index contributed by atoms with van der Waals surface area (Å²) in [6.45, 7) is -0.130. The maximum absolute atomic E-state index is 13.5. The zero-order valence-corrected chi connectivity index (χ0v) is 12.9. The topological polar surface area (TPSA) is 46.9 Å². The lowest BCUT2D eigenvalue weighted by Gasteiger charge is -2.09. The minimum atomic E-state index is -4.55. The first-order valence-corrected chi connectivity index (χ1v) is 7.64. The van der Waals surface area contributed by atoms with Crippen LogP contribution in [0, 0.1) is 11.6 Å². The average molecular weight is 359 g/mol. The summed E-state index contributed by atoms with van der Waals surface area (Å²) in [5.74, 6) is -2.95. The molecule has 1 fully saturated rings. The zero-order chi connectivity index (χ0) is 18.2. The molecule has 3 rings (SSSR count). The van der Waals surface area contributed by atoms with Crippen LogP contribution in [-0.4, -0.2) is 22.2 Å². The van der Waals surface area contributed by atoms with Crippen molar-refractivity contribution in [1.29, 1.82) is 0 Å². The van der Waals surface area contributed by atoms with Gasteiger partial charge in [-0.15, -0.1) is 0 Å². The summed E-state index contributed by atoms with van der Waals surface area (Å²) in [7, 11) is 0. The number of hydrogen-bond donors (Lipinski definition) is 1. The molecule has 25 heavy (non-hydrogen) atoms. The Labute approximate surface area is 139 Å². The minimum Gasteiger partial charge on any atom is -0.350 e. The van der Waals surface area contributed by atoms with E-state index in [0.717, 1.165) is 37.1 Å². The van der Waals surface area contributed by atoms with E-state index in [2.05, 4.69) is 10.4 Å². The molecule has 1 amide bonds. The van der Waals surface area contributed by atoms with Crippen molar-refractivity contribution >= 4 is 5.91 Å². The number of rotatable bonds is 5. The van der Waals surface area contributed by atoms with Gasteiger partial charge in [0.05, 0.1) is 6.54 Å². The Hall–Kier alpha value is -2.45. The van der Waals surface area contributed by atoms with E-state index >= 15 is 0 Å². The molecular formula is C16H14F5N3O. The molecule has 1 N–H and O–H groups in total. The third-order valence-corrected chi connectivity index (χ3v) is 3.90. The monoisotopic (exact) mass is 359 g/mol. The smallest absolute Gasteiger partial charge is 0.350 e. The van der Waals surface area contributed by atoms with Crippen molar-refractivity contribution in [2.45, 2.75) is 31.5 Å². The van der Waals surface area contributed by atoms with E-state index in [4.69, 9.17) is 0 Å². The molecule has 1 aliphatic rings. The lowest BCUT2D eigenvalue weighted by Crippen LogP contribution is -2.29. The van der Waals surface area contributed by atoms with Gasteiger partial charge in [-0.05, 0) is 31.0 Å². The second kappa shape index (κ2) is 6.45. The van der Waals surface area contributed by atoms with Crippen molar-refractivity contribution in [3.63, 3.8) is 0 Å². The Bertz CT molecular complexity index is 775. The summed E-state index contributed by atoms with van der Waals surface area (Å²) in [5, 5.41) is 5.84. The van der Waals surface area contributed by atoms with Gasteiger partial charge in [-0.25, -0.2) is 8.78 Å². The number of benzene rings is 1. The highest BCUT2D eigenvalue weighted by atomic mass is 19.4. The second-order valence-corrected chi connectivity index (χ2v) is 5.80. The molecule has 4 nitrogen and oxygen atoms in total. The quantitative estimate of drug-likeness (QED) is 0.831. The predicted molar refractivity (Wildman–Crippen MR) is 77.9 cm³/mol. The third-order valence-electron chi connectivity index (χ3n) is 3.90. The largest absolute Gasteiger partial charge is 0.435 e. The number of halogens is 5. The molecule has 1 aromatic carbocycles. The fourth-order valence-electron chi connectivity index (χ4n) is 2.54. The van der Waals surface area contributed by atoms with E-state index in [1.165, 1.54) is 4.68 Å². The Kier molecular flexibility index (Phi) is 4.49. The predicted octanol–water partition coefficient (Wildman–Crippen LogP) is 3.49. The first kappa shape index (κ1) is 17.4. The first-order valence-electron chi connectivity index (χ1n) is 7.64. The molecule has 0 unspecified atom stereocenters. The van der Waals surface area contributed by atoms with Crippen LogP contribution in [0.3, 0.4) is 0 Å². The standard InChI is InChI=1S/C16H14F5N3O/c17-10-2-1-3-11(18)14(10)15(25)22-6-7-24-12(9-4-5-9)8-13(23-24)16(19,20)21/h1-3,8-9H,4-7H2,(H,22,25). The lowest BCUT2D eigenvalue weighted by atomic mass is 10.2. The normalized spacial score (nSPS) is 14.6. The van der Waals surface area contributed by atoms with Gasteiger partial charge in [0.1, 0.15) is 17.2 Å². The molecule has 1 saturated carbocycles. The molecule has 1 aliphatic carbocycles. The van der Waals surface area contributed by atoms with E-state index < -0.39 is 35.0 Å². The molecule has 1 aromatic heterocycles. The number of carbonyl (C=O) groups is 1. The van der Waals surface area contributed by atoms with Crippen LogP contribution in [0.4, 0.5) is 22.0 Å². The molecule has 9 heteroatoms. The van der Waals surface area contributed by atoms with Gasteiger partial charge in [0.15, 0.2) is 5.69 Å². The van der Waals surface area contributed by atoms with Crippen molar-refractivity contribution in [2.24, 2.45) is 0 Å². The molecule has 134 valence electrons. The van der Waals surface area contributed by atoms with Crippen LogP contribution in [0.5, 0.6) is 0 Å². The van der Waals surface area contributed by atoms with Gasteiger partial charge in [-0.3, -0.25) is 9.48 Å². The summed E-state index contributed by atoms with van der Waals surface area (Å²) in [6, 6.07) is 4.04. The van der Waals surface area contributed by atoms with Gasteiger partial charge in [0.25, 0.3) is 5.91 Å². The van der Waals surface area contributed by atoms with Crippen molar-refractivity contribution in [1.82, 2.24) is 15.1 Å². The SMILES string of the molecule is O=C(NCCn1nc(C(F)(F)F)cc1C1CC1)c1c(F)cccc1F. The highest BCUT2D eigenvalue weighted by Gasteiger charge is 2.37. The highest BCUT2D eigenvalue weighted by molar-refractivity contribution is 5.94. The van der Waals surface area contributed by atoms with Crippen molar-refractivity contribution in [2.75, 3.05) is 6.54 Å². The summed E-state index contributed by atoms with van der Waals surface area (Å²) in [5.41, 5.74) is -1.25. The van der Waals surface area contributed by atoms with Crippen LogP contribution in [0.25, 0.3) is 0 Å². The Balaban J connectivity index is 1.68. The lowest BCUT2D eigenvalue weighted by molar-refractivity contribution is -0.141. The number of nitrogens with one attached hydrogen (secondary N) is 1. The van der Waals surface area contributed by atoms with Crippen molar-refractivity contribution < 1.29 is 26.7 Å². The maximum atomic E-state index is 13.5. The fraction of sp³-hybridized carbons (Fsp3) is 0.375. The van der Waals surface area contributed by atoms with Crippen LogP contribution < -0.4 is 5.32 Å². The molecular weight excluding hydrogens is 345 g/mol. The van der Waals surface area contributed by atoms with Gasteiger partial charge in [-0.2, -0.15) is 18.3 Å². The van der Waals surface area contributed by atoms with Crippen LogP contribution in [-0.2, 0) is 12.7 Å². The molecule has 0 spiro atoms. The van der Waals surface area contributed by atoms with Gasteiger partial charge in [0.2, 0.25) is 0 Å². The number of hydrogen-bond acceptors (Lipinski definition) is 2. The number of aromatic nitrogens is 2. The minimum absolute atomic E-state index is 0.0241. The maximum Gasteiger partial charge on any atom is 0.435 e. The number of carbonyl (C=O) groups excluding carboxylic acids is 1. The summed E-state index contributed by atoms with van der Waals surface area (Å²) in [4.78, 5) is 11.9. The molecule has 0 atom stereocenters. The number of alkyl halides is 3. The fourth-order valence-corrected chi connectivity index (χ4v) is 2.54. The summed E-state index contributed by atoms with van der Waals surface area (Å²) in [6.07, 6.45) is -2.97. The molecule has 2 aromatic rings. The molecule has 0 saturated heterocycles. The van der Waals surface area contributed by atoms with Gasteiger partial charge < -0.3 is 5.32 Å². The molecule has 0 bridgehead atoms. The van der Waals surface area contributed by atoms with Gasteiger partial charge in [0, 0.05) is 18.2 Å². The summed E-state index contributed by atoms with van der Waals surface area (Å²) < 4.78 is 66.6. The Morgan fingerprint density at radius 1 is 1.24 bits per heavy atom. The highest BCUT2D eigenvalue weighted by Crippen LogP contribution is 2.42. The molecule has 0 radical (unpaired) electrons. The van der Waals surface area contributed by atoms with E-state index in [0.29, 0.717) is 5.69 Å². The number of nitrogens with zero attached hydrogens (tertiary/aromatic N) is 2. The van der Waals surface area contributed by atoms with Crippen molar-refractivity contribution in [3.8, 4) is 0 Å². The van der Waals surface area contributed by atoms with Gasteiger partial charge >= 0.3 is 6.18 Å². The van der Waals surface area contributed by atoms with Crippen LogP contribution in [0.15, 0.2) is 24.3 Å². The molecule has 1 heterocycles. The van der Waals surface area contributed by atoms with E-state index in [-0.39, 0.29) is 19.0 Å². The first-order chi connectivity index (χ1) is 11.8. The third kappa shape index (κ3) is 3.80. The molecule has 0 aliphatic heterocycles. The second-order valence-electron chi connectivity index (χ2n) is 5.80. The van der Waals surface area contributed by atoms with E-state index in [1.54, 1.807) is 0 Å². The van der Waals surface area contributed by atoms with Gasteiger partial charge in [-0.1, -0.05) is 6.07 Å². The Morgan fingerprint density at radius 2 is 1.88 bits per heavy atom. The average Bonchev–Trinajstić information content (AvgIpc) is 3.26. The zero-order valence-electron chi connectivity index (χ0n) is 12.9. The van der Waals surface area contributed by atoms with E-state index in [1.807, 2.05) is 0 Å². The van der Waals surface area contributed by atoms with E-state index in [9.17, 15) is 26.7 Å². The van der Waals surface area contributed by atoms with Crippen LogP contribution >= 0.6 is 0 Å².